The molecule has 0 bridgehead atoms. The van der Waals surface area contributed by atoms with E-state index in [1.54, 1.807) is 12.1 Å². The van der Waals surface area contributed by atoms with Crippen molar-refractivity contribution in [2.24, 2.45) is 0 Å². The van der Waals surface area contributed by atoms with Gasteiger partial charge in [-0.05, 0) is 35.1 Å². The van der Waals surface area contributed by atoms with E-state index in [1.165, 1.54) is 31.4 Å². The van der Waals surface area contributed by atoms with E-state index in [-0.39, 0.29) is 18.4 Å². The average Bonchev–Trinajstić information content (AvgIpc) is 2.86. The minimum atomic E-state index is -1.69. The van der Waals surface area contributed by atoms with Crippen LogP contribution in [0, 0.1) is 36.2 Å². The maximum Gasteiger partial charge on any atom is 0.306 e. The molecule has 0 saturated heterocycles. The van der Waals surface area contributed by atoms with Crippen molar-refractivity contribution >= 4 is 12.0 Å². The highest BCUT2D eigenvalue weighted by Crippen LogP contribution is 2.38. The second kappa shape index (κ2) is 15.3. The predicted molar refractivity (Wildman–Crippen MR) is 144 cm³/mol. The number of hydrogen-bond acceptors (Lipinski definition) is 12. The van der Waals surface area contributed by atoms with Crippen LogP contribution in [-0.4, -0.2) is 45.5 Å². The molecule has 1 heterocycles. The molecular weight excluding hydrogens is 563 g/mol. The lowest BCUT2D eigenvalue weighted by molar-refractivity contribution is -0.777. The lowest BCUT2D eigenvalue weighted by Crippen LogP contribution is -2.29. The minimum Gasteiger partial charge on any atom is -0.380 e. The zero-order chi connectivity index (χ0) is 31.6. The number of carbonyl (C=O) groups is 1. The molecule has 1 aromatic carbocycles. The number of pyridine rings is 1. The van der Waals surface area contributed by atoms with Gasteiger partial charge in [-0.2, -0.15) is 0 Å². The molecule has 0 aliphatic rings. The molecule has 0 radical (unpaired) electrons. The summed E-state index contributed by atoms with van der Waals surface area (Å²) in [6.45, 7) is 7.83. The SMILES string of the molecule is COCc1c(C(C)C)nc(C(C)C)c(C=C[C@H](C[C@H](CC(=O)O[N+](=O)[O-])O[N+](=O)[O-])O[N+](=O)[O-])c1-c1ccc(F)cc1. The quantitative estimate of drug-likeness (QED) is 0.187. The number of ether oxygens (including phenoxy) is 1. The van der Waals surface area contributed by atoms with Gasteiger partial charge in [0.2, 0.25) is 0 Å². The number of aromatic nitrogens is 1. The van der Waals surface area contributed by atoms with Gasteiger partial charge in [0.15, 0.2) is 0 Å². The molecule has 0 aliphatic heterocycles. The summed E-state index contributed by atoms with van der Waals surface area (Å²) in [4.78, 5) is 62.3. The summed E-state index contributed by atoms with van der Waals surface area (Å²) in [5, 5.41) is 29.0. The van der Waals surface area contributed by atoms with Crippen LogP contribution in [-0.2, 0) is 30.7 Å². The fourth-order valence-corrected chi connectivity index (χ4v) is 4.32. The van der Waals surface area contributed by atoms with Crippen molar-refractivity contribution in [2.75, 3.05) is 7.11 Å². The van der Waals surface area contributed by atoms with Crippen LogP contribution in [0.15, 0.2) is 30.3 Å². The Morgan fingerprint density at radius 2 is 1.55 bits per heavy atom. The van der Waals surface area contributed by atoms with Gasteiger partial charge in [-0.15, -0.1) is 30.3 Å². The van der Waals surface area contributed by atoms with Crippen LogP contribution in [0.25, 0.3) is 17.2 Å². The van der Waals surface area contributed by atoms with Gasteiger partial charge >= 0.3 is 11.1 Å². The Morgan fingerprint density at radius 3 is 2.05 bits per heavy atom. The first-order chi connectivity index (χ1) is 19.7. The normalized spacial score (nSPS) is 12.8. The second-order valence-corrected chi connectivity index (χ2v) is 9.70. The summed E-state index contributed by atoms with van der Waals surface area (Å²) in [5.74, 6) is -2.11. The highest BCUT2D eigenvalue weighted by Gasteiger charge is 2.27. The van der Waals surface area contributed by atoms with E-state index in [9.17, 15) is 39.5 Å². The topological polar surface area (TPSA) is 196 Å². The van der Waals surface area contributed by atoms with Gasteiger partial charge in [-0.1, -0.05) is 52.0 Å². The lowest BCUT2D eigenvalue weighted by atomic mass is 9.87. The highest BCUT2D eigenvalue weighted by atomic mass is 19.1. The highest BCUT2D eigenvalue weighted by molar-refractivity contribution is 5.80. The van der Waals surface area contributed by atoms with E-state index >= 15 is 0 Å². The number of nitrogens with zero attached hydrogens (tertiary/aromatic N) is 4. The number of rotatable bonds is 16. The lowest BCUT2D eigenvalue weighted by Gasteiger charge is -2.24. The Balaban J connectivity index is 2.72. The third-order valence-corrected chi connectivity index (χ3v) is 5.91. The average molecular weight is 595 g/mol. The standard InChI is InChI=1S/C26H31FN4O11/c1-15(2)25-21(24(17-6-8-18(27)9-7-17)22(14-39-5)26(28-25)16(3)4)11-10-19(40-29(33)34)12-20(41-30(35)36)13-23(32)42-31(37)38/h6-11,15-16,19-20H,12-14H2,1-5H3/t19-,20-/m1/s1. The molecule has 0 unspecified atom stereocenters. The zero-order valence-corrected chi connectivity index (χ0v) is 23.6. The van der Waals surface area contributed by atoms with Gasteiger partial charge in [0.25, 0.3) is 10.2 Å². The van der Waals surface area contributed by atoms with E-state index in [2.05, 4.69) is 9.68 Å². The van der Waals surface area contributed by atoms with Crippen molar-refractivity contribution in [3.8, 4) is 11.1 Å². The molecule has 0 aliphatic carbocycles. The summed E-state index contributed by atoms with van der Waals surface area (Å²) < 4.78 is 19.3. The van der Waals surface area contributed by atoms with Gasteiger partial charge in [0.1, 0.15) is 18.0 Å². The van der Waals surface area contributed by atoms with Gasteiger partial charge in [-0.25, -0.2) is 9.23 Å². The molecule has 0 saturated carbocycles. The van der Waals surface area contributed by atoms with Crippen molar-refractivity contribution < 1.29 is 43.7 Å². The molecule has 0 fully saturated rings. The summed E-state index contributed by atoms with van der Waals surface area (Å²) in [5.41, 5.74) is 3.78. The summed E-state index contributed by atoms with van der Waals surface area (Å²) in [7, 11) is 1.50. The van der Waals surface area contributed by atoms with Crippen LogP contribution in [0.5, 0.6) is 0 Å². The van der Waals surface area contributed by atoms with Gasteiger partial charge in [-0.3, -0.25) is 9.78 Å². The molecule has 16 heteroatoms. The van der Waals surface area contributed by atoms with Crippen LogP contribution in [0.4, 0.5) is 4.39 Å². The van der Waals surface area contributed by atoms with E-state index in [0.29, 0.717) is 27.9 Å². The van der Waals surface area contributed by atoms with Crippen LogP contribution >= 0.6 is 0 Å². The van der Waals surface area contributed by atoms with Crippen molar-refractivity contribution in [1.29, 1.82) is 0 Å². The van der Waals surface area contributed by atoms with Gasteiger partial charge in [0.05, 0.1) is 18.7 Å². The Kier molecular flexibility index (Phi) is 12.2. The molecule has 0 N–H and O–H groups in total. The number of carbonyl (C=O) groups excluding carboxylic acids is 1. The third kappa shape index (κ3) is 9.72. The summed E-state index contributed by atoms with van der Waals surface area (Å²) in [6, 6.07) is 5.71. The van der Waals surface area contributed by atoms with E-state index in [4.69, 9.17) is 14.6 Å². The van der Waals surface area contributed by atoms with E-state index in [1.807, 2.05) is 27.7 Å². The molecule has 15 nitrogen and oxygen atoms in total. The Labute approximate surface area is 239 Å². The smallest absolute Gasteiger partial charge is 0.306 e. The predicted octanol–water partition coefficient (Wildman–Crippen LogP) is 4.96. The fraction of sp³-hybridized carbons (Fsp3) is 0.462. The van der Waals surface area contributed by atoms with Gasteiger partial charge < -0.3 is 14.4 Å². The van der Waals surface area contributed by atoms with Crippen molar-refractivity contribution in [1.82, 2.24) is 4.98 Å². The zero-order valence-electron chi connectivity index (χ0n) is 23.6. The molecule has 2 aromatic rings. The maximum absolute atomic E-state index is 13.9. The molecule has 2 rings (SSSR count). The molecule has 228 valence electrons. The largest absolute Gasteiger partial charge is 0.380 e. The molecule has 1 aromatic heterocycles. The first-order valence-electron chi connectivity index (χ1n) is 12.7. The Morgan fingerprint density at radius 1 is 0.952 bits per heavy atom. The van der Waals surface area contributed by atoms with Crippen molar-refractivity contribution in [3.63, 3.8) is 0 Å². The second-order valence-electron chi connectivity index (χ2n) is 9.70. The fourth-order valence-electron chi connectivity index (χ4n) is 4.32. The van der Waals surface area contributed by atoms with Crippen LogP contribution < -0.4 is 0 Å². The third-order valence-electron chi connectivity index (χ3n) is 5.91. The monoisotopic (exact) mass is 594 g/mol. The molecule has 0 spiro atoms. The number of methoxy groups -OCH3 is 1. The first kappa shape index (κ1) is 33.5. The summed E-state index contributed by atoms with van der Waals surface area (Å²) >= 11 is 0. The van der Waals surface area contributed by atoms with Crippen LogP contribution in [0.3, 0.4) is 0 Å². The molecular formula is C26H31FN4O11. The maximum atomic E-state index is 13.9. The number of hydrogen-bond donors (Lipinski definition) is 0. The van der Waals surface area contributed by atoms with Crippen molar-refractivity contribution in [3.05, 3.63) is 89.0 Å². The molecule has 42 heavy (non-hydrogen) atoms. The number of benzene rings is 1. The van der Waals surface area contributed by atoms with Gasteiger partial charge in [0, 0.05) is 30.4 Å². The molecule has 2 atom stereocenters. The van der Waals surface area contributed by atoms with Crippen LogP contribution in [0.2, 0.25) is 0 Å². The minimum absolute atomic E-state index is 0.0330. The Bertz CT molecular complexity index is 1320. The van der Waals surface area contributed by atoms with Crippen molar-refractivity contribution in [2.45, 2.75) is 71.2 Å². The molecule has 0 amide bonds. The van der Waals surface area contributed by atoms with E-state index < -0.39 is 52.1 Å². The number of halogens is 1. The summed E-state index contributed by atoms with van der Waals surface area (Å²) in [6.07, 6.45) is -2.07. The first-order valence-corrected chi connectivity index (χ1v) is 12.7. The van der Waals surface area contributed by atoms with E-state index in [0.717, 1.165) is 5.69 Å². The van der Waals surface area contributed by atoms with Crippen LogP contribution in [0.1, 0.15) is 74.9 Å². The Hall–Kier alpha value is -4.73.